The van der Waals surface area contributed by atoms with Gasteiger partial charge in [-0.25, -0.2) is 9.97 Å². The average molecular weight is 471 g/mol. The van der Waals surface area contributed by atoms with Gasteiger partial charge in [-0.3, -0.25) is 4.90 Å². The molecule has 5 rings (SSSR count). The van der Waals surface area contributed by atoms with Crippen molar-refractivity contribution in [3.8, 4) is 22.8 Å². The molecular formula is C24H24F3N5O2. The van der Waals surface area contributed by atoms with Crippen LogP contribution < -0.4 is 20.1 Å². The number of nitrogens with two attached hydrogens (primary N) is 1. The van der Waals surface area contributed by atoms with E-state index in [4.69, 9.17) is 15.2 Å². The van der Waals surface area contributed by atoms with E-state index >= 15 is 0 Å². The van der Waals surface area contributed by atoms with Crippen molar-refractivity contribution in [1.29, 1.82) is 0 Å². The predicted octanol–water partition coefficient (Wildman–Crippen LogP) is 3.67. The molecule has 0 aliphatic carbocycles. The average Bonchev–Trinajstić information content (AvgIpc) is 3.32. The van der Waals surface area contributed by atoms with Gasteiger partial charge in [0.05, 0.1) is 17.0 Å². The predicted molar refractivity (Wildman–Crippen MR) is 120 cm³/mol. The fourth-order valence-corrected chi connectivity index (χ4v) is 4.11. The summed E-state index contributed by atoms with van der Waals surface area (Å²) >= 11 is 0. The molecule has 34 heavy (non-hydrogen) atoms. The second-order valence-corrected chi connectivity index (χ2v) is 8.27. The smallest absolute Gasteiger partial charge is 0.416 e. The summed E-state index contributed by atoms with van der Waals surface area (Å²) in [6, 6.07) is 12.7. The van der Waals surface area contributed by atoms with Crippen molar-refractivity contribution < 1.29 is 22.6 Å². The number of alkyl halides is 3. The first-order valence-electron chi connectivity index (χ1n) is 11.0. The van der Waals surface area contributed by atoms with Crippen molar-refractivity contribution >= 4 is 5.95 Å². The summed E-state index contributed by atoms with van der Waals surface area (Å²) < 4.78 is 49.6. The molecule has 0 bridgehead atoms. The molecule has 2 aromatic carbocycles. The van der Waals surface area contributed by atoms with Gasteiger partial charge in [-0.1, -0.05) is 18.2 Å². The Morgan fingerprint density at radius 1 is 0.882 bits per heavy atom. The summed E-state index contributed by atoms with van der Waals surface area (Å²) in [5.74, 6) is 2.09. The molecule has 2 aliphatic heterocycles. The highest BCUT2D eigenvalue weighted by atomic mass is 19.4. The van der Waals surface area contributed by atoms with Gasteiger partial charge in [0.15, 0.2) is 11.5 Å². The molecule has 1 fully saturated rings. The SMILES string of the molecule is NCc1cc(-c2ccc(C(F)(F)F)cc2)nc(N2CCN(Cc3ccc4c(c3)OCO4)CC2)n1. The first-order valence-corrected chi connectivity index (χ1v) is 11.0. The Labute approximate surface area is 194 Å². The highest BCUT2D eigenvalue weighted by molar-refractivity contribution is 5.61. The zero-order valence-electron chi connectivity index (χ0n) is 18.4. The van der Waals surface area contributed by atoms with Crippen molar-refractivity contribution in [2.45, 2.75) is 19.3 Å². The highest BCUT2D eigenvalue weighted by Gasteiger charge is 2.30. The van der Waals surface area contributed by atoms with Gasteiger partial charge in [0, 0.05) is 44.8 Å². The van der Waals surface area contributed by atoms with Crippen molar-refractivity contribution in [2.24, 2.45) is 5.73 Å². The van der Waals surface area contributed by atoms with Crippen LogP contribution >= 0.6 is 0 Å². The standard InChI is InChI=1S/C24H24F3N5O2/c25-24(26,27)18-4-2-17(3-5-18)20-12-19(13-28)29-23(30-20)32-9-7-31(8-10-32)14-16-1-6-21-22(11-16)34-15-33-21/h1-6,11-12H,7-10,13-15,28H2. The molecule has 0 radical (unpaired) electrons. The van der Waals surface area contributed by atoms with Crippen LogP contribution in [0.15, 0.2) is 48.5 Å². The summed E-state index contributed by atoms with van der Waals surface area (Å²) in [6.45, 7) is 4.36. The van der Waals surface area contributed by atoms with Gasteiger partial charge in [-0.15, -0.1) is 0 Å². The minimum Gasteiger partial charge on any atom is -0.454 e. The second-order valence-electron chi connectivity index (χ2n) is 8.27. The number of hydrogen-bond donors (Lipinski definition) is 1. The van der Waals surface area contributed by atoms with E-state index in [-0.39, 0.29) is 13.3 Å². The molecule has 2 N–H and O–H groups in total. The molecule has 10 heteroatoms. The Kier molecular flexibility index (Phi) is 6.01. The molecule has 0 amide bonds. The molecule has 1 aromatic heterocycles. The Morgan fingerprint density at radius 2 is 1.62 bits per heavy atom. The van der Waals surface area contributed by atoms with Crippen LogP contribution in [0.4, 0.5) is 19.1 Å². The highest BCUT2D eigenvalue weighted by Crippen LogP contribution is 2.33. The van der Waals surface area contributed by atoms with Crippen molar-refractivity contribution in [3.63, 3.8) is 0 Å². The number of nitrogens with zero attached hydrogens (tertiary/aromatic N) is 4. The molecule has 3 heterocycles. The molecular weight excluding hydrogens is 447 g/mol. The third-order valence-corrected chi connectivity index (χ3v) is 5.98. The Balaban J connectivity index is 1.28. The first kappa shape index (κ1) is 22.4. The van der Waals surface area contributed by atoms with Crippen LogP contribution in [0.25, 0.3) is 11.3 Å². The monoisotopic (exact) mass is 471 g/mol. The molecule has 0 spiro atoms. The van der Waals surface area contributed by atoms with Crippen LogP contribution in [-0.4, -0.2) is 47.8 Å². The van der Waals surface area contributed by atoms with E-state index in [0.717, 1.165) is 61.9 Å². The zero-order valence-corrected chi connectivity index (χ0v) is 18.4. The van der Waals surface area contributed by atoms with Crippen molar-refractivity contribution in [2.75, 3.05) is 37.9 Å². The quantitative estimate of drug-likeness (QED) is 0.609. The minimum absolute atomic E-state index is 0.216. The third-order valence-electron chi connectivity index (χ3n) is 5.98. The van der Waals surface area contributed by atoms with Gasteiger partial charge in [0.25, 0.3) is 0 Å². The van der Waals surface area contributed by atoms with Gasteiger partial charge in [0.1, 0.15) is 0 Å². The van der Waals surface area contributed by atoms with E-state index in [1.807, 2.05) is 18.2 Å². The van der Waals surface area contributed by atoms with E-state index in [9.17, 15) is 13.2 Å². The number of anilines is 1. The van der Waals surface area contributed by atoms with Crippen molar-refractivity contribution in [1.82, 2.24) is 14.9 Å². The number of hydrogen-bond acceptors (Lipinski definition) is 7. The lowest BCUT2D eigenvalue weighted by atomic mass is 10.1. The van der Waals surface area contributed by atoms with Gasteiger partial charge in [0.2, 0.25) is 12.7 Å². The van der Waals surface area contributed by atoms with Crippen LogP contribution in [0.3, 0.4) is 0 Å². The number of fused-ring (bicyclic) bond motifs is 1. The maximum absolute atomic E-state index is 12.9. The van der Waals surface area contributed by atoms with Crippen LogP contribution in [0.2, 0.25) is 0 Å². The van der Waals surface area contributed by atoms with Crippen LogP contribution in [0, 0.1) is 0 Å². The summed E-state index contributed by atoms with van der Waals surface area (Å²) in [4.78, 5) is 13.6. The Bertz CT molecular complexity index is 1160. The molecule has 3 aromatic rings. The molecule has 1 saturated heterocycles. The van der Waals surface area contributed by atoms with E-state index in [0.29, 0.717) is 22.9 Å². The van der Waals surface area contributed by atoms with Gasteiger partial charge in [-0.2, -0.15) is 13.2 Å². The normalized spacial score (nSPS) is 16.2. The number of halogens is 3. The van der Waals surface area contributed by atoms with E-state index in [1.165, 1.54) is 12.1 Å². The molecule has 7 nitrogen and oxygen atoms in total. The number of aromatic nitrogens is 2. The lowest BCUT2D eigenvalue weighted by Crippen LogP contribution is -2.46. The molecule has 2 aliphatic rings. The minimum atomic E-state index is -4.38. The van der Waals surface area contributed by atoms with Gasteiger partial charge < -0.3 is 20.1 Å². The second kappa shape index (κ2) is 9.11. The molecule has 0 atom stereocenters. The molecule has 0 saturated carbocycles. The fraction of sp³-hybridized carbons (Fsp3) is 0.333. The fourth-order valence-electron chi connectivity index (χ4n) is 4.11. The molecule has 178 valence electrons. The summed E-state index contributed by atoms with van der Waals surface area (Å²) in [5.41, 5.74) is 8.09. The number of rotatable bonds is 5. The lowest BCUT2D eigenvalue weighted by molar-refractivity contribution is -0.137. The third kappa shape index (κ3) is 4.78. The molecule has 0 unspecified atom stereocenters. The van der Waals surface area contributed by atoms with E-state index in [1.54, 1.807) is 6.07 Å². The van der Waals surface area contributed by atoms with E-state index < -0.39 is 11.7 Å². The van der Waals surface area contributed by atoms with Gasteiger partial charge >= 0.3 is 6.18 Å². The first-order chi connectivity index (χ1) is 16.4. The Hall–Kier alpha value is -3.37. The number of piperazine rings is 1. The van der Waals surface area contributed by atoms with Gasteiger partial charge in [-0.05, 0) is 35.9 Å². The summed E-state index contributed by atoms with van der Waals surface area (Å²) in [7, 11) is 0. The van der Waals surface area contributed by atoms with Crippen LogP contribution in [-0.2, 0) is 19.3 Å². The zero-order chi connectivity index (χ0) is 23.7. The maximum Gasteiger partial charge on any atom is 0.416 e. The van der Waals surface area contributed by atoms with Crippen molar-refractivity contribution in [3.05, 3.63) is 65.4 Å². The maximum atomic E-state index is 12.9. The van der Waals surface area contributed by atoms with Crippen LogP contribution in [0.1, 0.15) is 16.8 Å². The topological polar surface area (TPSA) is 76.7 Å². The van der Waals surface area contributed by atoms with E-state index in [2.05, 4.69) is 19.8 Å². The Morgan fingerprint density at radius 3 is 2.32 bits per heavy atom. The van der Waals surface area contributed by atoms with Crippen LogP contribution in [0.5, 0.6) is 11.5 Å². The largest absolute Gasteiger partial charge is 0.454 e. The number of ether oxygens (including phenoxy) is 2. The summed E-state index contributed by atoms with van der Waals surface area (Å²) in [5, 5.41) is 0. The number of benzene rings is 2. The summed E-state index contributed by atoms with van der Waals surface area (Å²) in [6.07, 6.45) is -4.38. The lowest BCUT2D eigenvalue weighted by Gasteiger charge is -2.35.